The molecule has 0 saturated heterocycles. The quantitative estimate of drug-likeness (QED) is 0.0363. The van der Waals surface area contributed by atoms with Gasteiger partial charge in [0.05, 0.1) is 17.9 Å². The van der Waals surface area contributed by atoms with Gasteiger partial charge in [0.1, 0.15) is 0 Å². The van der Waals surface area contributed by atoms with E-state index in [1.54, 1.807) is 0 Å². The number of aliphatic hydroxyl groups is 1. The third kappa shape index (κ3) is 34.0. The van der Waals surface area contributed by atoms with Gasteiger partial charge in [0.15, 0.2) is 0 Å². The first-order chi connectivity index (χ1) is 21.8. The lowest BCUT2D eigenvalue weighted by molar-refractivity contribution is -0.122. The number of unbranched alkanes of at least 4 members (excludes halogenated alkanes) is 24. The van der Waals surface area contributed by atoms with Crippen LogP contribution in [0.15, 0.2) is 24.3 Å². The first kappa shape index (κ1) is 43.8. The standard InChI is InChI=1S/C38H73NO5S/c1-3-5-7-9-11-13-15-17-18-19-20-22-24-26-28-30-32-34-38(41)39-36(35-45(42,43)44)37(40)33-31-29-27-25-23-21-16-14-12-10-8-6-4-2/h23,25,31,33,36-37,40H,3-22,24,26-30,32,34-35H2,1-2H3,(H,39,41)(H,42,43,44)/b25-23+,33-31+. The number of hydrogen-bond acceptors (Lipinski definition) is 4. The second-order valence-corrected chi connectivity index (χ2v) is 14.7. The number of amides is 1. The first-order valence-corrected chi connectivity index (χ1v) is 20.6. The van der Waals surface area contributed by atoms with Crippen molar-refractivity contribution in [3.05, 3.63) is 24.3 Å². The van der Waals surface area contributed by atoms with Crippen LogP contribution in [0, 0.1) is 0 Å². The first-order valence-electron chi connectivity index (χ1n) is 19.0. The van der Waals surface area contributed by atoms with Crippen LogP contribution in [0.1, 0.15) is 194 Å². The molecule has 7 heteroatoms. The summed E-state index contributed by atoms with van der Waals surface area (Å²) < 4.78 is 32.3. The molecule has 0 aromatic carbocycles. The van der Waals surface area contributed by atoms with E-state index < -0.39 is 28.0 Å². The lowest BCUT2D eigenvalue weighted by Gasteiger charge is -2.21. The Morgan fingerprint density at radius 2 is 0.956 bits per heavy atom. The average Bonchev–Trinajstić information content (AvgIpc) is 3.00. The van der Waals surface area contributed by atoms with Gasteiger partial charge in [-0.25, -0.2) is 0 Å². The van der Waals surface area contributed by atoms with Crippen molar-refractivity contribution in [1.82, 2.24) is 5.32 Å². The van der Waals surface area contributed by atoms with Gasteiger partial charge in [-0.2, -0.15) is 8.42 Å². The van der Waals surface area contributed by atoms with Gasteiger partial charge in [0.2, 0.25) is 5.91 Å². The van der Waals surface area contributed by atoms with Crippen LogP contribution in [0.25, 0.3) is 0 Å². The van der Waals surface area contributed by atoms with Crippen LogP contribution in [0.5, 0.6) is 0 Å². The maximum absolute atomic E-state index is 12.5. The SMILES string of the molecule is CCCCCCCCC/C=C/CC/C=C/C(O)C(CS(=O)(=O)O)NC(=O)CCCCCCCCCCCCCCCCCCC. The predicted molar refractivity (Wildman–Crippen MR) is 193 cm³/mol. The molecule has 0 saturated carbocycles. The summed E-state index contributed by atoms with van der Waals surface area (Å²) in [5.41, 5.74) is 0. The molecule has 0 aliphatic heterocycles. The van der Waals surface area contributed by atoms with Crippen LogP contribution < -0.4 is 5.32 Å². The van der Waals surface area contributed by atoms with Gasteiger partial charge in [-0.1, -0.05) is 179 Å². The summed E-state index contributed by atoms with van der Waals surface area (Å²) in [7, 11) is -4.34. The molecule has 0 spiro atoms. The van der Waals surface area contributed by atoms with Gasteiger partial charge in [-0.15, -0.1) is 0 Å². The van der Waals surface area contributed by atoms with E-state index in [0.29, 0.717) is 6.42 Å². The Morgan fingerprint density at radius 3 is 1.40 bits per heavy atom. The maximum Gasteiger partial charge on any atom is 0.267 e. The summed E-state index contributed by atoms with van der Waals surface area (Å²) in [4.78, 5) is 12.5. The fourth-order valence-electron chi connectivity index (χ4n) is 5.76. The summed E-state index contributed by atoms with van der Waals surface area (Å²) in [6.07, 6.45) is 40.2. The Morgan fingerprint density at radius 1 is 0.578 bits per heavy atom. The van der Waals surface area contributed by atoms with Crippen LogP contribution in [0.4, 0.5) is 0 Å². The van der Waals surface area contributed by atoms with Crippen molar-refractivity contribution in [3.8, 4) is 0 Å². The fourth-order valence-corrected chi connectivity index (χ4v) is 6.49. The number of hydrogen-bond donors (Lipinski definition) is 3. The lowest BCUT2D eigenvalue weighted by Crippen LogP contribution is -2.46. The largest absolute Gasteiger partial charge is 0.387 e. The van der Waals surface area contributed by atoms with E-state index in [2.05, 4.69) is 31.3 Å². The van der Waals surface area contributed by atoms with Gasteiger partial charge in [-0.3, -0.25) is 9.35 Å². The van der Waals surface area contributed by atoms with Crippen LogP contribution >= 0.6 is 0 Å². The molecule has 266 valence electrons. The van der Waals surface area contributed by atoms with Crippen molar-refractivity contribution in [2.24, 2.45) is 0 Å². The van der Waals surface area contributed by atoms with Crippen LogP contribution in [0.2, 0.25) is 0 Å². The van der Waals surface area contributed by atoms with Crippen molar-refractivity contribution in [2.45, 2.75) is 206 Å². The van der Waals surface area contributed by atoms with Crippen molar-refractivity contribution in [2.75, 3.05) is 5.75 Å². The molecule has 0 rings (SSSR count). The summed E-state index contributed by atoms with van der Waals surface area (Å²) in [5, 5.41) is 13.2. The highest BCUT2D eigenvalue weighted by atomic mass is 32.2. The summed E-state index contributed by atoms with van der Waals surface area (Å²) >= 11 is 0. The highest BCUT2D eigenvalue weighted by molar-refractivity contribution is 7.85. The number of allylic oxidation sites excluding steroid dienone is 3. The third-order valence-corrected chi connectivity index (χ3v) is 9.41. The Labute approximate surface area is 279 Å². The highest BCUT2D eigenvalue weighted by Gasteiger charge is 2.24. The molecule has 1 amide bonds. The Kier molecular flexibility index (Phi) is 31.9. The Hall–Kier alpha value is -1.18. The molecule has 2 unspecified atom stereocenters. The molecule has 0 radical (unpaired) electrons. The molecule has 45 heavy (non-hydrogen) atoms. The minimum absolute atomic E-state index is 0.287. The van der Waals surface area contributed by atoms with Gasteiger partial charge in [-0.05, 0) is 32.1 Å². The molecule has 0 bridgehead atoms. The molecule has 0 aromatic rings. The molecule has 2 atom stereocenters. The van der Waals surface area contributed by atoms with Gasteiger partial charge in [0, 0.05) is 6.42 Å². The molecule has 3 N–H and O–H groups in total. The molecular formula is C38H73NO5S. The van der Waals surface area contributed by atoms with E-state index in [9.17, 15) is 22.9 Å². The number of carbonyl (C=O) groups excluding carboxylic acids is 1. The van der Waals surface area contributed by atoms with E-state index in [1.165, 1.54) is 141 Å². The molecule has 6 nitrogen and oxygen atoms in total. The minimum atomic E-state index is -4.34. The van der Waals surface area contributed by atoms with E-state index in [-0.39, 0.29) is 5.91 Å². The topological polar surface area (TPSA) is 104 Å². The lowest BCUT2D eigenvalue weighted by atomic mass is 10.0. The number of rotatable bonds is 34. The maximum atomic E-state index is 12.5. The van der Waals surface area contributed by atoms with E-state index >= 15 is 0 Å². The fraction of sp³-hybridized carbons (Fsp3) is 0.868. The monoisotopic (exact) mass is 656 g/mol. The average molecular weight is 656 g/mol. The normalized spacial score (nSPS) is 13.6. The second-order valence-electron chi connectivity index (χ2n) is 13.2. The molecular weight excluding hydrogens is 582 g/mol. The molecule has 0 aromatic heterocycles. The van der Waals surface area contributed by atoms with Gasteiger partial charge < -0.3 is 10.4 Å². The summed E-state index contributed by atoms with van der Waals surface area (Å²) in [6, 6.07) is -1.07. The Bertz CT molecular complexity index is 811. The smallest absolute Gasteiger partial charge is 0.267 e. The minimum Gasteiger partial charge on any atom is -0.387 e. The molecule has 0 fully saturated rings. The predicted octanol–water partition coefficient (Wildman–Crippen LogP) is 10.8. The zero-order valence-electron chi connectivity index (χ0n) is 29.5. The zero-order valence-corrected chi connectivity index (χ0v) is 30.3. The van der Waals surface area contributed by atoms with Crippen molar-refractivity contribution in [1.29, 1.82) is 0 Å². The van der Waals surface area contributed by atoms with E-state index in [4.69, 9.17) is 0 Å². The summed E-state index contributed by atoms with van der Waals surface area (Å²) in [5.74, 6) is -0.993. The number of carbonyl (C=O) groups is 1. The number of nitrogens with one attached hydrogen (secondary N) is 1. The third-order valence-electron chi connectivity index (χ3n) is 8.63. The Balaban J connectivity index is 3.96. The molecule has 0 heterocycles. The van der Waals surface area contributed by atoms with Crippen LogP contribution in [-0.2, 0) is 14.9 Å². The summed E-state index contributed by atoms with van der Waals surface area (Å²) in [6.45, 7) is 4.50. The van der Waals surface area contributed by atoms with Crippen LogP contribution in [0.3, 0.4) is 0 Å². The van der Waals surface area contributed by atoms with E-state index in [0.717, 1.165) is 38.5 Å². The number of aliphatic hydroxyl groups excluding tert-OH is 1. The second kappa shape index (κ2) is 32.7. The van der Waals surface area contributed by atoms with Gasteiger partial charge >= 0.3 is 0 Å². The van der Waals surface area contributed by atoms with Crippen molar-refractivity contribution in [3.63, 3.8) is 0 Å². The zero-order chi connectivity index (χ0) is 33.3. The van der Waals surface area contributed by atoms with Crippen molar-refractivity contribution < 1.29 is 22.9 Å². The van der Waals surface area contributed by atoms with E-state index in [1.807, 2.05) is 6.08 Å². The van der Waals surface area contributed by atoms with Crippen molar-refractivity contribution >= 4 is 16.0 Å². The molecule has 0 aliphatic rings. The van der Waals surface area contributed by atoms with Crippen LogP contribution in [-0.4, -0.2) is 41.9 Å². The van der Waals surface area contributed by atoms with Gasteiger partial charge in [0.25, 0.3) is 10.1 Å². The molecule has 0 aliphatic carbocycles. The highest BCUT2D eigenvalue weighted by Crippen LogP contribution is 2.15.